The minimum Gasteiger partial charge on any atom is -0.356 e. The number of benzene rings is 1. The van der Waals surface area contributed by atoms with Gasteiger partial charge in [-0.05, 0) is 43.0 Å². The molecule has 3 aromatic rings. The van der Waals surface area contributed by atoms with Crippen LogP contribution in [0.4, 0.5) is 14.3 Å². The van der Waals surface area contributed by atoms with Crippen LogP contribution in [-0.4, -0.2) is 51.7 Å². The highest BCUT2D eigenvalue weighted by Gasteiger charge is 2.27. The third-order valence-electron chi connectivity index (χ3n) is 5.33. The number of likely N-dealkylation sites (tertiary alicyclic amines) is 1. The predicted molar refractivity (Wildman–Crippen MR) is 120 cm³/mol. The van der Waals surface area contributed by atoms with Crippen LogP contribution in [0.2, 0.25) is 0 Å². The van der Waals surface area contributed by atoms with Crippen LogP contribution < -0.4 is 10.6 Å². The number of aromatic nitrogens is 3. The van der Waals surface area contributed by atoms with Gasteiger partial charge in [-0.2, -0.15) is 0 Å². The summed E-state index contributed by atoms with van der Waals surface area (Å²) in [7, 11) is 0. The number of hydrogen-bond donors (Lipinski definition) is 2. The van der Waals surface area contributed by atoms with E-state index in [1.54, 1.807) is 29.3 Å². The Balaban J connectivity index is 1.21. The lowest BCUT2D eigenvalue weighted by Gasteiger charge is -2.31. The van der Waals surface area contributed by atoms with Crippen LogP contribution in [-0.2, 0) is 11.2 Å². The van der Waals surface area contributed by atoms with E-state index >= 15 is 0 Å². The molecule has 2 aromatic heterocycles. The fraction of sp³-hybridized carbons (Fsp3) is 0.318. The Bertz CT molecular complexity index is 1070. The summed E-state index contributed by atoms with van der Waals surface area (Å²) in [6, 6.07) is 11.8. The Hall–Kier alpha value is -3.40. The van der Waals surface area contributed by atoms with Gasteiger partial charge in [0.05, 0.1) is 0 Å². The highest BCUT2D eigenvalue weighted by Crippen LogP contribution is 2.25. The number of nitrogens with one attached hydrogen (secondary N) is 2. The summed E-state index contributed by atoms with van der Waals surface area (Å²) in [6.45, 7) is 1.34. The van der Waals surface area contributed by atoms with Gasteiger partial charge in [0.2, 0.25) is 11.0 Å². The van der Waals surface area contributed by atoms with E-state index in [1.165, 1.54) is 17.4 Å². The van der Waals surface area contributed by atoms with Gasteiger partial charge in [-0.15, -0.1) is 10.2 Å². The number of pyridine rings is 1. The summed E-state index contributed by atoms with van der Waals surface area (Å²) in [5, 5.41) is 14.8. The van der Waals surface area contributed by atoms with Crippen LogP contribution in [0.25, 0.3) is 10.7 Å². The van der Waals surface area contributed by atoms with E-state index in [-0.39, 0.29) is 23.7 Å². The zero-order valence-electron chi connectivity index (χ0n) is 17.3. The molecular formula is C22H23FN6O2S. The first-order chi connectivity index (χ1) is 15.6. The molecule has 10 heteroatoms. The van der Waals surface area contributed by atoms with Gasteiger partial charge in [-0.25, -0.2) is 9.18 Å². The summed E-state index contributed by atoms with van der Waals surface area (Å²) < 4.78 is 13.7. The van der Waals surface area contributed by atoms with E-state index in [4.69, 9.17) is 0 Å². The van der Waals surface area contributed by atoms with Gasteiger partial charge in [0, 0.05) is 31.7 Å². The quantitative estimate of drug-likeness (QED) is 0.595. The molecule has 4 rings (SSSR count). The van der Waals surface area contributed by atoms with E-state index in [1.807, 2.05) is 18.2 Å². The summed E-state index contributed by atoms with van der Waals surface area (Å²) in [5.74, 6) is -0.467. The highest BCUT2D eigenvalue weighted by molar-refractivity contribution is 7.18. The second kappa shape index (κ2) is 10.3. The van der Waals surface area contributed by atoms with Crippen molar-refractivity contribution in [2.24, 2.45) is 5.92 Å². The number of halogens is 1. The lowest BCUT2D eigenvalue weighted by atomic mass is 9.96. The molecule has 166 valence electrons. The number of rotatable bonds is 6. The van der Waals surface area contributed by atoms with Crippen molar-refractivity contribution in [3.8, 4) is 10.7 Å². The van der Waals surface area contributed by atoms with Gasteiger partial charge in [-0.1, -0.05) is 35.6 Å². The Morgan fingerprint density at radius 3 is 2.62 bits per heavy atom. The molecule has 2 N–H and O–H groups in total. The molecule has 0 unspecified atom stereocenters. The maximum Gasteiger partial charge on any atom is 0.323 e. The molecule has 8 nitrogen and oxygen atoms in total. The number of carbonyl (C=O) groups is 2. The lowest BCUT2D eigenvalue weighted by Crippen LogP contribution is -2.44. The van der Waals surface area contributed by atoms with E-state index in [0.717, 1.165) is 0 Å². The SMILES string of the molecule is O=C(NCCc1ccccc1F)C1CCN(C(=O)Nc2nnc(-c3ccccn3)s2)CC1. The molecule has 0 saturated carbocycles. The van der Waals surface area contributed by atoms with Crippen molar-refractivity contribution in [3.05, 3.63) is 60.0 Å². The van der Waals surface area contributed by atoms with E-state index in [2.05, 4.69) is 25.8 Å². The Labute approximate surface area is 188 Å². The van der Waals surface area contributed by atoms with Gasteiger partial charge in [0.25, 0.3) is 0 Å². The maximum atomic E-state index is 13.7. The topological polar surface area (TPSA) is 100 Å². The largest absolute Gasteiger partial charge is 0.356 e. The van der Waals surface area contributed by atoms with Gasteiger partial charge in [-0.3, -0.25) is 15.1 Å². The number of piperidine rings is 1. The zero-order chi connectivity index (χ0) is 22.3. The normalized spacial score (nSPS) is 14.2. The fourth-order valence-electron chi connectivity index (χ4n) is 3.55. The van der Waals surface area contributed by atoms with Crippen LogP contribution in [0.15, 0.2) is 48.7 Å². The Morgan fingerprint density at radius 2 is 1.88 bits per heavy atom. The van der Waals surface area contributed by atoms with Gasteiger partial charge in [0.15, 0.2) is 5.01 Å². The molecule has 1 fully saturated rings. The number of nitrogens with zero attached hydrogens (tertiary/aromatic N) is 4. The molecule has 3 amide bonds. The molecule has 1 saturated heterocycles. The smallest absolute Gasteiger partial charge is 0.323 e. The molecule has 0 atom stereocenters. The van der Waals surface area contributed by atoms with Crippen molar-refractivity contribution in [3.63, 3.8) is 0 Å². The molecule has 0 spiro atoms. The third-order valence-corrected chi connectivity index (χ3v) is 6.19. The molecule has 3 heterocycles. The first-order valence-electron chi connectivity index (χ1n) is 10.4. The molecule has 0 radical (unpaired) electrons. The van der Waals surface area contributed by atoms with Crippen molar-refractivity contribution in [1.82, 2.24) is 25.4 Å². The molecule has 1 aromatic carbocycles. The fourth-order valence-corrected chi connectivity index (χ4v) is 4.26. The number of hydrogen-bond acceptors (Lipinski definition) is 6. The summed E-state index contributed by atoms with van der Waals surface area (Å²) >= 11 is 1.26. The average molecular weight is 455 g/mol. The summed E-state index contributed by atoms with van der Waals surface area (Å²) in [5.41, 5.74) is 1.29. The van der Waals surface area contributed by atoms with Crippen LogP contribution in [0, 0.1) is 11.7 Å². The third kappa shape index (κ3) is 5.44. The highest BCUT2D eigenvalue weighted by atomic mass is 32.1. The van der Waals surface area contributed by atoms with Crippen molar-refractivity contribution < 1.29 is 14.0 Å². The molecule has 0 aliphatic carbocycles. The second-order valence-electron chi connectivity index (χ2n) is 7.45. The van der Waals surface area contributed by atoms with Crippen molar-refractivity contribution >= 4 is 28.4 Å². The predicted octanol–water partition coefficient (Wildman–Crippen LogP) is 3.34. The van der Waals surface area contributed by atoms with Crippen LogP contribution in [0.1, 0.15) is 18.4 Å². The molecular weight excluding hydrogens is 431 g/mol. The van der Waals surface area contributed by atoms with Crippen LogP contribution >= 0.6 is 11.3 Å². The molecule has 32 heavy (non-hydrogen) atoms. The van der Waals surface area contributed by atoms with Crippen molar-refractivity contribution in [2.75, 3.05) is 25.0 Å². The van der Waals surface area contributed by atoms with Crippen molar-refractivity contribution in [1.29, 1.82) is 0 Å². The first-order valence-corrected chi connectivity index (χ1v) is 11.2. The maximum absolute atomic E-state index is 13.7. The number of urea groups is 1. The molecule has 0 bridgehead atoms. The van der Waals surface area contributed by atoms with Gasteiger partial charge < -0.3 is 10.2 Å². The number of amides is 3. The molecule has 1 aliphatic rings. The Kier molecular flexibility index (Phi) is 7.00. The average Bonchev–Trinajstić information content (AvgIpc) is 3.29. The van der Waals surface area contributed by atoms with E-state index in [0.29, 0.717) is 60.3 Å². The first kappa shape index (κ1) is 21.8. The second-order valence-corrected chi connectivity index (χ2v) is 8.43. The summed E-state index contributed by atoms with van der Waals surface area (Å²) in [4.78, 5) is 30.9. The monoisotopic (exact) mass is 454 g/mol. The minimum atomic E-state index is -0.261. The summed E-state index contributed by atoms with van der Waals surface area (Å²) in [6.07, 6.45) is 3.28. The standard InChI is InChI=1S/C22H23FN6O2S/c23-17-6-2-1-5-15(17)8-12-25-19(30)16-9-13-29(14-10-16)22(31)26-21-28-27-20(32-21)18-7-3-4-11-24-18/h1-7,11,16H,8-10,12-14H2,(H,25,30)(H,26,28,31). The lowest BCUT2D eigenvalue weighted by molar-refractivity contribution is -0.126. The van der Waals surface area contributed by atoms with Gasteiger partial charge >= 0.3 is 6.03 Å². The minimum absolute atomic E-state index is 0.0504. The Morgan fingerprint density at radius 1 is 1.09 bits per heavy atom. The van der Waals surface area contributed by atoms with Crippen molar-refractivity contribution in [2.45, 2.75) is 19.3 Å². The molecule has 1 aliphatic heterocycles. The van der Waals surface area contributed by atoms with E-state index < -0.39 is 0 Å². The van der Waals surface area contributed by atoms with Crippen LogP contribution in [0.3, 0.4) is 0 Å². The van der Waals surface area contributed by atoms with Gasteiger partial charge in [0.1, 0.15) is 11.5 Å². The van der Waals surface area contributed by atoms with Crippen LogP contribution in [0.5, 0.6) is 0 Å². The number of anilines is 1. The zero-order valence-corrected chi connectivity index (χ0v) is 18.1. The number of carbonyl (C=O) groups excluding carboxylic acids is 2. The van der Waals surface area contributed by atoms with E-state index in [9.17, 15) is 14.0 Å².